The summed E-state index contributed by atoms with van der Waals surface area (Å²) in [5, 5.41) is 26.6. The number of nitriles is 2. The maximum atomic E-state index is 10.0. The third kappa shape index (κ3) is 2.35. The molecule has 0 aliphatic carbocycles. The first-order valence-electron chi connectivity index (χ1n) is 3.90. The maximum absolute atomic E-state index is 10.0. The number of benzene rings is 1. The zero-order chi connectivity index (χ0) is 12.1. The third-order valence-electron chi connectivity index (χ3n) is 1.64. The van der Waals surface area contributed by atoms with Crippen LogP contribution >= 0.6 is 0 Å². The Bertz CT molecular complexity index is 501. The van der Waals surface area contributed by atoms with Crippen LogP contribution in [-0.2, 0) is 4.94 Å². The Hall–Kier alpha value is -2.84. The highest BCUT2D eigenvalue weighted by Crippen LogP contribution is 2.19. The van der Waals surface area contributed by atoms with Crippen molar-refractivity contribution in [3.05, 3.63) is 39.4 Å². The van der Waals surface area contributed by atoms with E-state index in [1.54, 1.807) is 6.07 Å². The Labute approximate surface area is 89.7 Å². The summed E-state index contributed by atoms with van der Waals surface area (Å²) in [7, 11) is 0. The van der Waals surface area contributed by atoms with Crippen LogP contribution in [0.25, 0.3) is 0 Å². The summed E-state index contributed by atoms with van der Waals surface area (Å²) in [5.74, 6) is 5.20. The minimum atomic E-state index is -1.11. The van der Waals surface area contributed by atoms with Gasteiger partial charge in [0.2, 0.25) is 0 Å². The highest BCUT2D eigenvalue weighted by Gasteiger charge is 2.12. The third-order valence-corrected chi connectivity index (χ3v) is 1.64. The van der Waals surface area contributed by atoms with Crippen LogP contribution in [0.2, 0.25) is 0 Å². The molecule has 2 N–H and O–H groups in total. The van der Waals surface area contributed by atoms with Crippen molar-refractivity contribution in [1.29, 1.82) is 10.5 Å². The number of hydrogen-bond acceptors (Lipinski definition) is 7. The molecule has 80 valence electrons. The summed E-state index contributed by atoms with van der Waals surface area (Å²) in [6.07, 6.45) is 0. The Morgan fingerprint density at radius 2 is 2.12 bits per heavy atom. The molecule has 0 amide bonds. The molecular formula is C8H5N5O3. The molecule has 8 nitrogen and oxygen atoms in total. The summed E-state index contributed by atoms with van der Waals surface area (Å²) in [5.41, 5.74) is 0.247. The van der Waals surface area contributed by atoms with Crippen molar-refractivity contribution in [3.8, 4) is 12.1 Å². The monoisotopic (exact) mass is 219 g/mol. The van der Waals surface area contributed by atoms with Crippen LogP contribution < -0.4 is 11.0 Å². The van der Waals surface area contributed by atoms with Gasteiger partial charge >= 0.3 is 5.09 Å². The highest BCUT2D eigenvalue weighted by molar-refractivity contribution is 5.59. The summed E-state index contributed by atoms with van der Waals surface area (Å²) >= 11 is 0. The molecule has 0 atom stereocenters. The quantitative estimate of drug-likeness (QED) is 0.437. The summed E-state index contributed by atoms with van der Waals surface area (Å²) in [4.78, 5) is 14.0. The molecule has 0 aliphatic rings. The van der Waals surface area contributed by atoms with E-state index >= 15 is 0 Å². The van der Waals surface area contributed by atoms with Gasteiger partial charge in [-0.3, -0.25) is 0 Å². The highest BCUT2D eigenvalue weighted by atomic mass is 17.0. The Morgan fingerprint density at radius 1 is 1.44 bits per heavy atom. The summed E-state index contributed by atoms with van der Waals surface area (Å²) in [6, 6.07) is 7.46. The zero-order valence-corrected chi connectivity index (χ0v) is 7.82. The molecule has 0 saturated carbocycles. The van der Waals surface area contributed by atoms with Gasteiger partial charge in [0, 0.05) is 0 Å². The lowest BCUT2D eigenvalue weighted by Gasteiger charge is -2.15. The van der Waals surface area contributed by atoms with E-state index in [2.05, 4.69) is 4.94 Å². The number of rotatable bonds is 3. The van der Waals surface area contributed by atoms with Crippen LogP contribution in [0.15, 0.2) is 18.2 Å². The van der Waals surface area contributed by atoms with Gasteiger partial charge in [0.25, 0.3) is 0 Å². The van der Waals surface area contributed by atoms with Crippen LogP contribution in [0.4, 0.5) is 5.69 Å². The van der Waals surface area contributed by atoms with Crippen molar-refractivity contribution < 1.29 is 10.0 Å². The molecule has 1 rings (SSSR count). The molecular weight excluding hydrogens is 214 g/mol. The average Bonchev–Trinajstić information content (AvgIpc) is 2.27. The lowest BCUT2D eigenvalue weighted by molar-refractivity contribution is -0.762. The minimum Gasteiger partial charge on any atom is -0.223 e. The van der Waals surface area contributed by atoms with Crippen LogP contribution in [0.1, 0.15) is 11.1 Å². The predicted octanol–water partition coefficient (Wildman–Crippen LogP) is 0.233. The molecule has 1 aromatic rings. The van der Waals surface area contributed by atoms with E-state index in [0.717, 1.165) is 0 Å². The minimum absolute atomic E-state index is 0.00167. The second kappa shape index (κ2) is 4.59. The molecule has 0 unspecified atom stereocenters. The molecule has 0 fully saturated rings. The molecule has 0 radical (unpaired) electrons. The van der Waals surface area contributed by atoms with Gasteiger partial charge in [0.1, 0.15) is 6.07 Å². The van der Waals surface area contributed by atoms with Crippen molar-refractivity contribution >= 4 is 5.69 Å². The first-order chi connectivity index (χ1) is 7.58. The zero-order valence-electron chi connectivity index (χ0n) is 7.82. The van der Waals surface area contributed by atoms with E-state index in [0.29, 0.717) is 5.17 Å². The second-order valence-electron chi connectivity index (χ2n) is 2.59. The van der Waals surface area contributed by atoms with Gasteiger partial charge in [-0.25, -0.2) is 5.84 Å². The standard InChI is InChI=1S/C8H5N5O3/c9-4-6-1-2-8(7(3-6)5-10)12(11)16-13(14)15/h1-3H,11H2. The topological polar surface area (TPSA) is 129 Å². The van der Waals surface area contributed by atoms with Gasteiger partial charge in [-0.05, 0) is 18.2 Å². The van der Waals surface area contributed by atoms with E-state index < -0.39 is 5.09 Å². The molecule has 0 saturated heterocycles. The normalized spacial score (nSPS) is 8.69. The van der Waals surface area contributed by atoms with E-state index in [4.69, 9.17) is 16.4 Å². The van der Waals surface area contributed by atoms with E-state index in [1.807, 2.05) is 6.07 Å². The number of anilines is 1. The van der Waals surface area contributed by atoms with Crippen LogP contribution in [0.3, 0.4) is 0 Å². The lowest BCUT2D eigenvalue weighted by atomic mass is 10.1. The second-order valence-corrected chi connectivity index (χ2v) is 2.59. The number of hydrazine groups is 1. The fourth-order valence-electron chi connectivity index (χ4n) is 1.00. The van der Waals surface area contributed by atoms with Crippen LogP contribution in [-0.4, -0.2) is 5.09 Å². The number of nitrogens with zero attached hydrogens (tertiary/aromatic N) is 4. The molecule has 0 heterocycles. The van der Waals surface area contributed by atoms with Gasteiger partial charge in [-0.15, -0.1) is 15.3 Å². The summed E-state index contributed by atoms with van der Waals surface area (Å²) in [6.45, 7) is 0. The van der Waals surface area contributed by atoms with Crippen molar-refractivity contribution in [2.45, 2.75) is 0 Å². The van der Waals surface area contributed by atoms with Crippen molar-refractivity contribution in [2.75, 3.05) is 5.17 Å². The Morgan fingerprint density at radius 3 is 2.62 bits per heavy atom. The SMILES string of the molecule is N#Cc1ccc(N(N)O[N+](=O)[O-])c(C#N)c1. The molecule has 16 heavy (non-hydrogen) atoms. The van der Waals surface area contributed by atoms with Crippen molar-refractivity contribution in [2.24, 2.45) is 5.84 Å². The molecule has 8 heteroatoms. The predicted molar refractivity (Wildman–Crippen MR) is 50.6 cm³/mol. The number of hydrogen-bond donors (Lipinski definition) is 1. The largest absolute Gasteiger partial charge is 0.318 e. The molecule has 0 aliphatic heterocycles. The van der Waals surface area contributed by atoms with Gasteiger partial charge in [-0.1, -0.05) is 0 Å². The van der Waals surface area contributed by atoms with Crippen molar-refractivity contribution in [1.82, 2.24) is 0 Å². The average molecular weight is 219 g/mol. The van der Waals surface area contributed by atoms with Crippen LogP contribution in [0, 0.1) is 32.8 Å². The number of nitrogens with two attached hydrogens (primary N) is 1. The first-order valence-corrected chi connectivity index (χ1v) is 3.90. The van der Waals surface area contributed by atoms with Gasteiger partial charge in [0.05, 0.1) is 22.9 Å². The Balaban J connectivity index is 3.11. The lowest BCUT2D eigenvalue weighted by Crippen LogP contribution is -2.34. The fourth-order valence-corrected chi connectivity index (χ4v) is 1.00. The summed E-state index contributed by atoms with van der Waals surface area (Å²) < 4.78 is 0. The van der Waals surface area contributed by atoms with E-state index in [1.165, 1.54) is 18.2 Å². The Kier molecular flexibility index (Phi) is 3.22. The first kappa shape index (κ1) is 11.2. The van der Waals surface area contributed by atoms with Crippen molar-refractivity contribution in [3.63, 3.8) is 0 Å². The van der Waals surface area contributed by atoms with E-state index in [-0.39, 0.29) is 16.8 Å². The molecule has 0 aromatic heterocycles. The molecule has 0 spiro atoms. The van der Waals surface area contributed by atoms with Gasteiger partial charge in [0.15, 0.2) is 0 Å². The van der Waals surface area contributed by atoms with E-state index in [9.17, 15) is 10.1 Å². The van der Waals surface area contributed by atoms with Gasteiger partial charge < -0.3 is 0 Å². The smallest absolute Gasteiger partial charge is 0.223 e. The maximum Gasteiger partial charge on any atom is 0.318 e. The molecule has 1 aromatic carbocycles. The van der Waals surface area contributed by atoms with Crippen LogP contribution in [0.5, 0.6) is 0 Å². The molecule has 0 bridgehead atoms. The fraction of sp³-hybridized carbons (Fsp3) is 0. The van der Waals surface area contributed by atoms with Gasteiger partial charge in [-0.2, -0.15) is 15.5 Å².